The number of nitrogens with zero attached hydrogens (tertiary/aromatic N) is 1. The van der Waals surface area contributed by atoms with Crippen LogP contribution in [-0.4, -0.2) is 29.7 Å². The number of thiocarbonyl (C=S) groups is 1. The van der Waals surface area contributed by atoms with E-state index in [4.69, 9.17) is 21.7 Å². The fraction of sp³-hybridized carbons (Fsp3) is 0.190. The molecule has 3 aromatic rings. The first-order valence-corrected chi connectivity index (χ1v) is 11.2. The molecule has 1 aromatic heterocycles. The smallest absolute Gasteiger partial charge is 0.257 e. The SMILES string of the molecule is CCCOc1cccc(C(=O)NC(=S)Nc2nc(-c3ccc(OC)c(Br)c3)cs2)c1. The number of carbonyl (C=O) groups is 1. The summed E-state index contributed by atoms with van der Waals surface area (Å²) in [5.74, 6) is 1.09. The molecule has 30 heavy (non-hydrogen) atoms. The zero-order valence-corrected chi connectivity index (χ0v) is 19.6. The van der Waals surface area contributed by atoms with Gasteiger partial charge in [0.15, 0.2) is 10.2 Å². The molecule has 0 aliphatic rings. The minimum Gasteiger partial charge on any atom is -0.496 e. The van der Waals surface area contributed by atoms with Crippen molar-refractivity contribution >= 4 is 55.6 Å². The van der Waals surface area contributed by atoms with Gasteiger partial charge in [0.25, 0.3) is 5.91 Å². The minimum atomic E-state index is -0.315. The number of thiazole rings is 1. The molecule has 0 spiro atoms. The van der Waals surface area contributed by atoms with Crippen LogP contribution in [0.5, 0.6) is 11.5 Å². The van der Waals surface area contributed by atoms with Gasteiger partial charge in [-0.1, -0.05) is 13.0 Å². The van der Waals surface area contributed by atoms with Crippen molar-refractivity contribution < 1.29 is 14.3 Å². The van der Waals surface area contributed by atoms with Crippen LogP contribution in [-0.2, 0) is 0 Å². The molecular weight excluding hydrogens is 486 g/mol. The van der Waals surface area contributed by atoms with Crippen molar-refractivity contribution in [3.8, 4) is 22.8 Å². The molecule has 0 atom stereocenters. The summed E-state index contributed by atoms with van der Waals surface area (Å²) in [6.07, 6.45) is 0.897. The van der Waals surface area contributed by atoms with Crippen LogP contribution in [0.2, 0.25) is 0 Å². The predicted octanol–water partition coefficient (Wildman–Crippen LogP) is 5.50. The Balaban J connectivity index is 1.62. The standard InChI is InChI=1S/C21H20BrN3O3S2/c1-3-9-28-15-6-4-5-14(10-15)19(26)24-20(29)25-21-23-17(12-30-21)13-7-8-18(27-2)16(22)11-13/h4-8,10-12H,3,9H2,1-2H3,(H2,23,24,25,26,29). The van der Waals surface area contributed by atoms with Gasteiger partial charge in [-0.2, -0.15) is 0 Å². The summed E-state index contributed by atoms with van der Waals surface area (Å²) in [5, 5.41) is 8.30. The number of methoxy groups -OCH3 is 1. The number of hydrogen-bond acceptors (Lipinski definition) is 6. The van der Waals surface area contributed by atoms with Crippen LogP contribution in [0, 0.1) is 0 Å². The van der Waals surface area contributed by atoms with Crippen LogP contribution in [0.4, 0.5) is 5.13 Å². The maximum absolute atomic E-state index is 12.5. The lowest BCUT2D eigenvalue weighted by Crippen LogP contribution is -2.34. The lowest BCUT2D eigenvalue weighted by atomic mass is 10.2. The van der Waals surface area contributed by atoms with Gasteiger partial charge in [0.1, 0.15) is 11.5 Å². The van der Waals surface area contributed by atoms with Gasteiger partial charge in [0.05, 0.1) is 23.9 Å². The second kappa shape index (κ2) is 10.5. The van der Waals surface area contributed by atoms with Gasteiger partial charge in [-0.15, -0.1) is 11.3 Å². The fourth-order valence-corrected chi connectivity index (χ4v) is 4.06. The molecule has 1 heterocycles. The number of hydrogen-bond donors (Lipinski definition) is 2. The lowest BCUT2D eigenvalue weighted by Gasteiger charge is -2.09. The molecule has 9 heteroatoms. The van der Waals surface area contributed by atoms with Crippen LogP contribution < -0.4 is 20.1 Å². The van der Waals surface area contributed by atoms with Gasteiger partial charge in [-0.05, 0) is 71.0 Å². The van der Waals surface area contributed by atoms with Crippen LogP contribution >= 0.6 is 39.5 Å². The van der Waals surface area contributed by atoms with Gasteiger partial charge in [0.2, 0.25) is 0 Å². The molecule has 2 N–H and O–H groups in total. The minimum absolute atomic E-state index is 0.177. The summed E-state index contributed by atoms with van der Waals surface area (Å²) in [7, 11) is 1.62. The Morgan fingerprint density at radius 3 is 2.83 bits per heavy atom. The second-order valence-electron chi connectivity index (χ2n) is 6.17. The molecule has 0 bridgehead atoms. The van der Waals surface area contributed by atoms with E-state index in [2.05, 4.69) is 31.5 Å². The van der Waals surface area contributed by atoms with Crippen molar-refractivity contribution in [3.63, 3.8) is 0 Å². The molecule has 0 saturated heterocycles. The van der Waals surface area contributed by atoms with Crippen LogP contribution in [0.3, 0.4) is 0 Å². The van der Waals surface area contributed by atoms with E-state index in [-0.39, 0.29) is 11.0 Å². The summed E-state index contributed by atoms with van der Waals surface area (Å²) < 4.78 is 11.7. The van der Waals surface area contributed by atoms with Gasteiger partial charge in [-0.25, -0.2) is 4.98 Å². The second-order valence-corrected chi connectivity index (χ2v) is 8.29. The van der Waals surface area contributed by atoms with Gasteiger partial charge in [0, 0.05) is 16.5 Å². The van der Waals surface area contributed by atoms with Crippen molar-refractivity contribution in [2.75, 3.05) is 19.0 Å². The first kappa shape index (κ1) is 22.2. The summed E-state index contributed by atoms with van der Waals surface area (Å²) in [5.41, 5.74) is 2.20. The molecule has 156 valence electrons. The molecule has 6 nitrogen and oxygen atoms in total. The average molecular weight is 506 g/mol. The lowest BCUT2D eigenvalue weighted by molar-refractivity contribution is 0.0977. The van der Waals surface area contributed by atoms with E-state index < -0.39 is 0 Å². The number of halogens is 1. The monoisotopic (exact) mass is 505 g/mol. The molecule has 0 unspecified atom stereocenters. The van der Waals surface area contributed by atoms with Crippen molar-refractivity contribution in [2.45, 2.75) is 13.3 Å². The summed E-state index contributed by atoms with van der Waals surface area (Å²) in [6, 6.07) is 12.7. The molecule has 0 radical (unpaired) electrons. The third-order valence-electron chi connectivity index (χ3n) is 3.97. The zero-order chi connectivity index (χ0) is 21.5. The first-order chi connectivity index (χ1) is 14.5. The number of anilines is 1. The van der Waals surface area contributed by atoms with Gasteiger partial charge >= 0.3 is 0 Å². The number of nitrogens with one attached hydrogen (secondary N) is 2. The largest absolute Gasteiger partial charge is 0.496 e. The van der Waals surface area contributed by atoms with Crippen molar-refractivity contribution in [3.05, 3.63) is 57.9 Å². The molecule has 1 amide bonds. The molecule has 2 aromatic carbocycles. The number of benzene rings is 2. The molecule has 0 aliphatic heterocycles. The van der Waals surface area contributed by atoms with Gasteiger partial charge < -0.3 is 14.8 Å². The molecule has 0 aliphatic carbocycles. The van der Waals surface area contributed by atoms with E-state index in [0.717, 1.165) is 27.9 Å². The van der Waals surface area contributed by atoms with E-state index in [1.807, 2.05) is 36.6 Å². The third kappa shape index (κ3) is 5.78. The highest BCUT2D eigenvalue weighted by Crippen LogP contribution is 2.32. The number of ether oxygens (including phenoxy) is 2. The van der Waals surface area contributed by atoms with Crippen LogP contribution in [0.1, 0.15) is 23.7 Å². The summed E-state index contributed by atoms with van der Waals surface area (Å²) in [6.45, 7) is 2.63. The molecular formula is C21H20BrN3O3S2. The van der Waals surface area contributed by atoms with Crippen molar-refractivity contribution in [2.24, 2.45) is 0 Å². The van der Waals surface area contributed by atoms with Crippen LogP contribution in [0.25, 0.3) is 11.3 Å². The molecule has 0 saturated carbocycles. The Morgan fingerprint density at radius 2 is 2.10 bits per heavy atom. The first-order valence-electron chi connectivity index (χ1n) is 9.14. The van der Waals surface area contributed by atoms with E-state index in [1.165, 1.54) is 11.3 Å². The highest BCUT2D eigenvalue weighted by atomic mass is 79.9. The highest BCUT2D eigenvalue weighted by molar-refractivity contribution is 9.10. The Kier molecular flexibility index (Phi) is 7.78. The Bertz CT molecular complexity index is 1060. The highest BCUT2D eigenvalue weighted by Gasteiger charge is 2.12. The fourth-order valence-electron chi connectivity index (χ4n) is 2.54. The topological polar surface area (TPSA) is 72.5 Å². The summed E-state index contributed by atoms with van der Waals surface area (Å²) >= 11 is 10.1. The predicted molar refractivity (Wildman–Crippen MR) is 128 cm³/mol. The van der Waals surface area contributed by atoms with E-state index >= 15 is 0 Å². The Morgan fingerprint density at radius 1 is 1.27 bits per heavy atom. The van der Waals surface area contributed by atoms with Crippen LogP contribution in [0.15, 0.2) is 52.3 Å². The maximum atomic E-state index is 12.5. The number of aromatic nitrogens is 1. The normalized spacial score (nSPS) is 10.4. The third-order valence-corrected chi connectivity index (χ3v) is 5.55. The van der Waals surface area contributed by atoms with Crippen molar-refractivity contribution in [1.82, 2.24) is 10.3 Å². The summed E-state index contributed by atoms with van der Waals surface area (Å²) in [4.78, 5) is 17.0. The van der Waals surface area contributed by atoms with E-state index in [0.29, 0.717) is 23.1 Å². The maximum Gasteiger partial charge on any atom is 0.257 e. The zero-order valence-electron chi connectivity index (χ0n) is 16.4. The van der Waals surface area contributed by atoms with Crippen molar-refractivity contribution in [1.29, 1.82) is 0 Å². The number of carbonyl (C=O) groups excluding carboxylic acids is 1. The van der Waals surface area contributed by atoms with Gasteiger partial charge in [-0.3, -0.25) is 10.1 Å². The van der Waals surface area contributed by atoms with E-state index in [9.17, 15) is 4.79 Å². The Labute approximate surface area is 192 Å². The number of amides is 1. The van der Waals surface area contributed by atoms with E-state index in [1.54, 1.807) is 25.3 Å². The Hall–Kier alpha value is -2.49. The molecule has 0 fully saturated rings. The molecule has 3 rings (SSSR count). The number of rotatable bonds is 7. The average Bonchev–Trinajstić information content (AvgIpc) is 3.20. The quantitative estimate of drug-likeness (QED) is 0.413.